The van der Waals surface area contributed by atoms with Crippen molar-refractivity contribution in [2.75, 3.05) is 46.2 Å². The van der Waals surface area contributed by atoms with Crippen LogP contribution in [-0.2, 0) is 96.0 Å². The van der Waals surface area contributed by atoms with Gasteiger partial charge >= 0.3 is 43.1 Å². The topological polar surface area (TPSA) is 531 Å². The third-order valence-corrected chi connectivity index (χ3v) is 13.8. The third-order valence-electron chi connectivity index (χ3n) is 12.5. The second kappa shape index (κ2) is 25.3. The highest BCUT2D eigenvalue weighted by molar-refractivity contribution is 7.81. The van der Waals surface area contributed by atoms with E-state index in [0.717, 1.165) is 6.92 Å². The molecule has 4 saturated heterocycles. The molecule has 0 aromatic carbocycles. The van der Waals surface area contributed by atoms with Gasteiger partial charge in [0.2, 0.25) is 12.0 Å². The third kappa shape index (κ3) is 16.0. The zero-order valence-electron chi connectivity index (χ0n) is 38.0. The Morgan fingerprint density at radius 1 is 0.534 bits per heavy atom. The molecule has 424 valence electrons. The van der Waals surface area contributed by atoms with Crippen LogP contribution in [0.5, 0.6) is 0 Å². The molecule has 14 N–H and O–H groups in total. The molecule has 5 rings (SSSR count). The molecule has 5 aliphatic heterocycles. The highest BCUT2D eigenvalue weighted by Gasteiger charge is 2.53. The van der Waals surface area contributed by atoms with E-state index in [1.165, 1.54) is 6.92 Å². The summed E-state index contributed by atoms with van der Waals surface area (Å²) in [7, 11) is -16.0. The summed E-state index contributed by atoms with van der Waals surface area (Å²) in [5.41, 5.74) is 0. The largest absolute Gasteiger partial charge is 0.479 e. The van der Waals surface area contributed by atoms with Crippen molar-refractivity contribution in [3.8, 4) is 0 Å². The van der Waals surface area contributed by atoms with Gasteiger partial charge < -0.3 is 98.8 Å². The Kier molecular flexibility index (Phi) is 21.2. The SMILES string of the molecule is CC1OC(COS(=O)(=O)O)[C@@H](O)C(CO[C@@H]2OC(C)[C@@H](OS(=O)(=O)O)C(O)C2OS(=O)(=O)O)C1CO[C@@H]1OC(C(=O)O)[C@@H](O)C(COC[C@H]2OC(CO)[C@@H](O)C(O)C2CO[C@@H]2OC(C(=O)O)=CC(O)C2O)C1O. The Morgan fingerprint density at radius 2 is 1.12 bits per heavy atom. The van der Waals surface area contributed by atoms with E-state index in [2.05, 4.69) is 12.5 Å². The van der Waals surface area contributed by atoms with E-state index >= 15 is 0 Å². The molecule has 0 saturated carbocycles. The number of aliphatic hydroxyl groups is 9. The lowest BCUT2D eigenvalue weighted by Gasteiger charge is -2.46. The summed E-state index contributed by atoms with van der Waals surface area (Å²) in [6.45, 7) is -3.14. The summed E-state index contributed by atoms with van der Waals surface area (Å²) in [6, 6.07) is 0. The highest BCUT2D eigenvalue weighted by Crippen LogP contribution is 2.37. The zero-order valence-corrected chi connectivity index (χ0v) is 40.4. The summed E-state index contributed by atoms with van der Waals surface area (Å²) < 4.78 is 160. The second-order valence-electron chi connectivity index (χ2n) is 17.4. The van der Waals surface area contributed by atoms with Gasteiger partial charge in [-0.05, 0) is 19.9 Å². The van der Waals surface area contributed by atoms with Crippen molar-refractivity contribution in [2.45, 2.75) is 130 Å². The Labute approximate surface area is 414 Å². The van der Waals surface area contributed by atoms with Crippen LogP contribution < -0.4 is 0 Å². The quantitative estimate of drug-likeness (QED) is 0.0423. The minimum Gasteiger partial charge on any atom is -0.479 e. The zero-order chi connectivity index (χ0) is 54.7. The summed E-state index contributed by atoms with van der Waals surface area (Å²) in [6.07, 6.45) is -34.4. The summed E-state index contributed by atoms with van der Waals surface area (Å²) >= 11 is 0. The van der Waals surface area contributed by atoms with E-state index in [9.17, 15) is 105 Å². The van der Waals surface area contributed by atoms with Gasteiger partial charge in [0.25, 0.3) is 0 Å². The van der Waals surface area contributed by atoms with Gasteiger partial charge in [-0.1, -0.05) is 0 Å². The maximum absolute atomic E-state index is 12.3. The van der Waals surface area contributed by atoms with E-state index in [1.54, 1.807) is 0 Å². The summed E-state index contributed by atoms with van der Waals surface area (Å²) in [4.78, 5) is 23.8. The molecule has 37 heteroatoms. The van der Waals surface area contributed by atoms with Gasteiger partial charge in [-0.15, -0.1) is 0 Å². The molecule has 0 aromatic heterocycles. The Morgan fingerprint density at radius 3 is 1.71 bits per heavy atom. The number of aliphatic carboxylic acids is 2. The van der Waals surface area contributed by atoms with Crippen LogP contribution in [0.1, 0.15) is 13.8 Å². The standard InChI is InChI=1S/C36H58O34S3/c1-11-13(14(22(39)21(64-11)10-63-71(50,51)52)7-62-36-31(70-73(56,57)58)28(45)29(12(2)65-36)69-72(53,54)55)6-60-34-25(42)16(24(41)30(68-34)33(48)49)5-59-9-20-15(23(40)27(44)19(4-37)66-20)8-61-35-26(43)17(38)3-18(67-35)32(46)47/h3,11-17,19-31,34-45H,4-10H2,1-2H3,(H,46,47)(H,48,49)(H,50,51,52)(H,53,54,55)(H,56,57,58)/t11?,12?,13?,14?,15?,16?,17?,19?,20-,21?,22+,23?,24+,25?,26?,27-,28?,29-,30?,31?,34-,35-,36-/m1/s1. The van der Waals surface area contributed by atoms with Crippen LogP contribution in [0.15, 0.2) is 11.8 Å². The molecule has 5 aliphatic rings. The molecule has 0 radical (unpaired) electrons. The van der Waals surface area contributed by atoms with Gasteiger partial charge in [-0.2, -0.15) is 25.3 Å². The van der Waals surface area contributed by atoms with Gasteiger partial charge in [-0.3, -0.25) is 13.7 Å². The van der Waals surface area contributed by atoms with E-state index in [4.69, 9.17) is 42.6 Å². The molecule has 5 heterocycles. The molecule has 0 amide bonds. The number of hydrogen-bond donors (Lipinski definition) is 14. The fourth-order valence-corrected chi connectivity index (χ4v) is 10.0. The Bertz CT molecular complexity index is 2220. The normalized spacial score (nSPS) is 41.9. The van der Waals surface area contributed by atoms with E-state index in [0.29, 0.717) is 6.08 Å². The summed E-state index contributed by atoms with van der Waals surface area (Å²) in [5, 5.41) is 116. The predicted molar refractivity (Wildman–Crippen MR) is 222 cm³/mol. The van der Waals surface area contributed by atoms with E-state index < -0.39 is 235 Å². The van der Waals surface area contributed by atoms with Crippen molar-refractivity contribution in [1.82, 2.24) is 0 Å². The van der Waals surface area contributed by atoms with Crippen LogP contribution in [0.4, 0.5) is 0 Å². The summed E-state index contributed by atoms with van der Waals surface area (Å²) in [5.74, 6) is -9.82. The molecular formula is C36H58O34S3. The lowest BCUT2D eigenvalue weighted by molar-refractivity contribution is -0.306. The lowest BCUT2D eigenvalue weighted by Crippen LogP contribution is -2.61. The van der Waals surface area contributed by atoms with E-state index in [-0.39, 0.29) is 0 Å². The average Bonchev–Trinajstić information content (AvgIpc) is 3.28. The number of ether oxygens (including phenoxy) is 9. The monoisotopic (exact) mass is 1130 g/mol. The van der Waals surface area contributed by atoms with Gasteiger partial charge in [0, 0.05) is 23.7 Å². The molecule has 0 aromatic rings. The minimum atomic E-state index is -5.51. The van der Waals surface area contributed by atoms with Gasteiger partial charge in [0.15, 0.2) is 24.8 Å². The molecule has 34 nitrogen and oxygen atoms in total. The lowest BCUT2D eigenvalue weighted by atomic mass is 9.80. The first-order chi connectivity index (χ1) is 33.8. The van der Waals surface area contributed by atoms with Gasteiger partial charge in [0.1, 0.15) is 48.8 Å². The van der Waals surface area contributed by atoms with Crippen LogP contribution >= 0.6 is 0 Å². The van der Waals surface area contributed by atoms with Crippen molar-refractivity contribution < 1.29 is 160 Å². The number of aliphatic hydroxyl groups excluding tert-OH is 9. The van der Waals surface area contributed by atoms with Gasteiger partial charge in [0.05, 0.1) is 82.9 Å². The smallest absolute Gasteiger partial charge is 0.397 e. The van der Waals surface area contributed by atoms with Crippen LogP contribution in [0.2, 0.25) is 0 Å². The predicted octanol–water partition coefficient (Wildman–Crippen LogP) is -7.97. The van der Waals surface area contributed by atoms with Crippen molar-refractivity contribution in [3.05, 3.63) is 11.8 Å². The molecule has 0 aliphatic carbocycles. The number of carbonyl (C=O) groups is 2. The first-order valence-electron chi connectivity index (χ1n) is 21.7. The van der Waals surface area contributed by atoms with Crippen LogP contribution in [0, 0.1) is 23.7 Å². The minimum absolute atomic E-state index is 0.630. The molecule has 73 heavy (non-hydrogen) atoms. The Balaban J connectivity index is 1.32. The van der Waals surface area contributed by atoms with Crippen LogP contribution in [0.3, 0.4) is 0 Å². The number of rotatable bonds is 23. The van der Waals surface area contributed by atoms with Crippen molar-refractivity contribution in [2.24, 2.45) is 23.7 Å². The first-order valence-corrected chi connectivity index (χ1v) is 25.8. The second-order valence-corrected chi connectivity index (χ2v) is 20.6. The highest BCUT2D eigenvalue weighted by atomic mass is 32.3. The van der Waals surface area contributed by atoms with Crippen molar-refractivity contribution in [1.29, 1.82) is 0 Å². The van der Waals surface area contributed by atoms with Gasteiger partial charge in [-0.25, -0.2) is 22.1 Å². The number of hydrogen-bond acceptors (Lipinski definition) is 29. The molecule has 0 bridgehead atoms. The fraction of sp³-hybridized carbons (Fsp3) is 0.889. The molecule has 23 atom stereocenters. The maximum Gasteiger partial charge on any atom is 0.397 e. The van der Waals surface area contributed by atoms with Crippen molar-refractivity contribution in [3.63, 3.8) is 0 Å². The van der Waals surface area contributed by atoms with Crippen LogP contribution in [-0.4, -0.2) is 270 Å². The first kappa shape index (κ1) is 61.3. The van der Waals surface area contributed by atoms with Crippen LogP contribution in [0.25, 0.3) is 0 Å². The van der Waals surface area contributed by atoms with E-state index in [1.807, 2.05) is 0 Å². The number of carboxylic acid groups (broad SMARTS) is 2. The average molecular weight is 1130 g/mol. The van der Waals surface area contributed by atoms with Crippen molar-refractivity contribution >= 4 is 43.1 Å². The maximum atomic E-state index is 12.3. The Hall–Kier alpha value is -2.59. The molecule has 4 fully saturated rings. The molecule has 15 unspecified atom stereocenters. The fourth-order valence-electron chi connectivity index (χ4n) is 8.68. The number of carboxylic acids is 2. The molecule has 0 spiro atoms. The molecular weight excluding hydrogens is 1070 g/mol.